The number of nitriles is 1. The zero-order chi connectivity index (χ0) is 18.1. The number of amides is 1. The molecule has 0 aliphatic carbocycles. The molecule has 2 heterocycles. The lowest BCUT2D eigenvalue weighted by Crippen LogP contribution is -2.40. The molecule has 6 nitrogen and oxygen atoms in total. The molecule has 6 heteroatoms. The number of nitrogens with one attached hydrogen (secondary N) is 1. The highest BCUT2D eigenvalue weighted by atomic mass is 16.2. The summed E-state index contributed by atoms with van der Waals surface area (Å²) in [6.07, 6.45) is 1.46. The van der Waals surface area contributed by atoms with Crippen molar-refractivity contribution in [2.45, 2.75) is 18.9 Å². The van der Waals surface area contributed by atoms with E-state index in [1.165, 1.54) is 0 Å². The van der Waals surface area contributed by atoms with Gasteiger partial charge < -0.3 is 9.88 Å². The van der Waals surface area contributed by atoms with Crippen LogP contribution in [0.3, 0.4) is 0 Å². The van der Waals surface area contributed by atoms with Gasteiger partial charge in [-0.15, -0.1) is 0 Å². The van der Waals surface area contributed by atoms with Crippen molar-refractivity contribution in [1.82, 2.24) is 14.5 Å². The van der Waals surface area contributed by atoms with Crippen molar-refractivity contribution in [3.8, 4) is 6.07 Å². The van der Waals surface area contributed by atoms with Crippen molar-refractivity contribution in [3.63, 3.8) is 0 Å². The topological polar surface area (TPSA) is 81.9 Å². The van der Waals surface area contributed by atoms with Crippen LogP contribution < -0.4 is 5.69 Å². The monoisotopic (exact) mass is 346 g/mol. The number of H-pyrrole nitrogens is 1. The van der Waals surface area contributed by atoms with Gasteiger partial charge in [-0.05, 0) is 43.2 Å². The fraction of sp³-hybridized carbons (Fsp3) is 0.250. The van der Waals surface area contributed by atoms with Crippen LogP contribution in [-0.4, -0.2) is 33.4 Å². The molecular formula is C20H18N4O2. The van der Waals surface area contributed by atoms with Crippen molar-refractivity contribution < 1.29 is 4.79 Å². The third-order valence-electron chi connectivity index (χ3n) is 4.98. The number of para-hydroxylation sites is 2. The average Bonchev–Trinajstić information content (AvgIpc) is 3.03. The molecule has 1 N–H and O–H groups in total. The van der Waals surface area contributed by atoms with Crippen LogP contribution in [0.15, 0.2) is 53.3 Å². The van der Waals surface area contributed by atoms with Gasteiger partial charge in [-0.2, -0.15) is 5.26 Å². The Morgan fingerprint density at radius 3 is 2.65 bits per heavy atom. The van der Waals surface area contributed by atoms with Crippen molar-refractivity contribution >= 4 is 16.9 Å². The van der Waals surface area contributed by atoms with E-state index in [1.54, 1.807) is 29.2 Å². The molecule has 0 bridgehead atoms. The molecule has 1 aliphatic rings. The van der Waals surface area contributed by atoms with Crippen LogP contribution >= 0.6 is 0 Å². The Bertz CT molecular complexity index is 1070. The van der Waals surface area contributed by atoms with Gasteiger partial charge in [0.1, 0.15) is 0 Å². The summed E-state index contributed by atoms with van der Waals surface area (Å²) in [5.41, 5.74) is 2.66. The Balaban J connectivity index is 1.52. The van der Waals surface area contributed by atoms with Crippen LogP contribution in [0.1, 0.15) is 34.8 Å². The number of fused-ring (bicyclic) bond motifs is 1. The van der Waals surface area contributed by atoms with Gasteiger partial charge in [0.05, 0.1) is 22.7 Å². The minimum Gasteiger partial charge on any atom is -0.338 e. The summed E-state index contributed by atoms with van der Waals surface area (Å²) in [6, 6.07) is 16.6. The molecule has 0 saturated carbocycles. The molecule has 1 saturated heterocycles. The number of nitrogens with zero attached hydrogens (tertiary/aromatic N) is 3. The van der Waals surface area contributed by atoms with E-state index >= 15 is 0 Å². The second-order valence-electron chi connectivity index (χ2n) is 6.53. The Hall–Kier alpha value is -3.33. The number of likely N-dealkylation sites (tertiary alicyclic amines) is 1. The number of aromatic nitrogens is 2. The van der Waals surface area contributed by atoms with Crippen molar-refractivity contribution in [3.05, 3.63) is 70.1 Å². The molecule has 1 amide bonds. The highest BCUT2D eigenvalue weighted by Crippen LogP contribution is 2.25. The van der Waals surface area contributed by atoms with Crippen LogP contribution in [0, 0.1) is 11.3 Å². The maximum atomic E-state index is 12.7. The summed E-state index contributed by atoms with van der Waals surface area (Å²) < 4.78 is 1.81. The Morgan fingerprint density at radius 2 is 1.88 bits per heavy atom. The van der Waals surface area contributed by atoms with Crippen LogP contribution in [0.4, 0.5) is 0 Å². The molecule has 2 aromatic carbocycles. The van der Waals surface area contributed by atoms with E-state index in [-0.39, 0.29) is 17.6 Å². The molecule has 0 spiro atoms. The SMILES string of the molecule is N#Cc1cccc(C(=O)N2CCC(n3c(=O)[nH]c4ccccc43)CC2)c1. The first-order valence-corrected chi connectivity index (χ1v) is 8.66. The third-order valence-corrected chi connectivity index (χ3v) is 4.98. The number of carbonyl (C=O) groups excluding carboxylic acids is 1. The number of piperidine rings is 1. The van der Waals surface area contributed by atoms with Gasteiger partial charge in [-0.1, -0.05) is 18.2 Å². The highest BCUT2D eigenvalue weighted by molar-refractivity contribution is 5.94. The number of benzene rings is 2. The first-order chi connectivity index (χ1) is 12.7. The number of aromatic amines is 1. The standard InChI is InChI=1S/C20H18N4O2/c21-13-14-4-3-5-15(12-14)19(25)23-10-8-16(9-11-23)24-18-7-2-1-6-17(18)22-20(24)26/h1-7,12,16H,8-11H2,(H,22,26). The van der Waals surface area contributed by atoms with Gasteiger partial charge in [0, 0.05) is 24.7 Å². The van der Waals surface area contributed by atoms with E-state index in [4.69, 9.17) is 5.26 Å². The van der Waals surface area contributed by atoms with E-state index in [0.29, 0.717) is 24.2 Å². The number of hydrogen-bond acceptors (Lipinski definition) is 3. The molecule has 4 rings (SSSR count). The molecule has 26 heavy (non-hydrogen) atoms. The quantitative estimate of drug-likeness (QED) is 0.774. The van der Waals surface area contributed by atoms with E-state index in [9.17, 15) is 9.59 Å². The van der Waals surface area contributed by atoms with Crippen molar-refractivity contribution in [2.24, 2.45) is 0 Å². The summed E-state index contributed by atoms with van der Waals surface area (Å²) in [6.45, 7) is 1.18. The van der Waals surface area contributed by atoms with E-state index in [2.05, 4.69) is 11.1 Å². The Morgan fingerprint density at radius 1 is 1.12 bits per heavy atom. The van der Waals surface area contributed by atoms with Crippen LogP contribution in [0.5, 0.6) is 0 Å². The minimum absolute atomic E-state index is 0.0631. The van der Waals surface area contributed by atoms with E-state index in [1.807, 2.05) is 28.8 Å². The summed E-state index contributed by atoms with van der Waals surface area (Å²) in [5, 5.41) is 9.00. The highest BCUT2D eigenvalue weighted by Gasteiger charge is 2.26. The number of hydrogen-bond donors (Lipinski definition) is 1. The average molecular weight is 346 g/mol. The molecule has 130 valence electrons. The molecule has 0 unspecified atom stereocenters. The number of rotatable bonds is 2. The second kappa shape index (κ2) is 6.52. The zero-order valence-corrected chi connectivity index (χ0v) is 14.2. The van der Waals surface area contributed by atoms with Crippen molar-refractivity contribution in [1.29, 1.82) is 5.26 Å². The number of imidazole rings is 1. The molecular weight excluding hydrogens is 328 g/mol. The lowest BCUT2D eigenvalue weighted by atomic mass is 10.0. The van der Waals surface area contributed by atoms with Gasteiger partial charge >= 0.3 is 5.69 Å². The normalized spacial score (nSPS) is 15.1. The minimum atomic E-state index is -0.0994. The lowest BCUT2D eigenvalue weighted by molar-refractivity contribution is 0.0695. The van der Waals surface area contributed by atoms with E-state index in [0.717, 1.165) is 23.9 Å². The molecule has 1 aliphatic heterocycles. The lowest BCUT2D eigenvalue weighted by Gasteiger charge is -2.32. The molecule has 1 fully saturated rings. The molecule has 0 radical (unpaired) electrons. The first-order valence-electron chi connectivity index (χ1n) is 8.66. The Kier molecular flexibility index (Phi) is 4.05. The Labute approximate surface area is 150 Å². The second-order valence-corrected chi connectivity index (χ2v) is 6.53. The van der Waals surface area contributed by atoms with E-state index < -0.39 is 0 Å². The smallest absolute Gasteiger partial charge is 0.326 e. The van der Waals surface area contributed by atoms with Gasteiger partial charge in [0.25, 0.3) is 5.91 Å². The molecule has 0 atom stereocenters. The van der Waals surface area contributed by atoms with Crippen LogP contribution in [0.2, 0.25) is 0 Å². The van der Waals surface area contributed by atoms with Crippen LogP contribution in [-0.2, 0) is 0 Å². The van der Waals surface area contributed by atoms with Gasteiger partial charge in [-0.3, -0.25) is 9.36 Å². The predicted octanol–water partition coefficient (Wildman–Crippen LogP) is 2.68. The summed E-state index contributed by atoms with van der Waals surface area (Å²) in [4.78, 5) is 29.7. The largest absolute Gasteiger partial charge is 0.338 e. The fourth-order valence-electron chi connectivity index (χ4n) is 3.67. The van der Waals surface area contributed by atoms with Gasteiger partial charge in [-0.25, -0.2) is 4.79 Å². The van der Waals surface area contributed by atoms with Crippen molar-refractivity contribution in [2.75, 3.05) is 13.1 Å². The molecule has 3 aromatic rings. The predicted molar refractivity (Wildman–Crippen MR) is 97.9 cm³/mol. The number of carbonyl (C=O) groups is 1. The molecule has 1 aromatic heterocycles. The fourth-order valence-corrected chi connectivity index (χ4v) is 3.67. The first kappa shape index (κ1) is 16.2. The summed E-state index contributed by atoms with van der Waals surface area (Å²) in [7, 11) is 0. The zero-order valence-electron chi connectivity index (χ0n) is 14.2. The van der Waals surface area contributed by atoms with Gasteiger partial charge in [0.15, 0.2) is 0 Å². The maximum absolute atomic E-state index is 12.7. The third kappa shape index (κ3) is 2.78. The maximum Gasteiger partial charge on any atom is 0.326 e. The summed E-state index contributed by atoms with van der Waals surface area (Å²) >= 11 is 0. The summed E-state index contributed by atoms with van der Waals surface area (Å²) in [5.74, 6) is -0.0631. The van der Waals surface area contributed by atoms with Gasteiger partial charge in [0.2, 0.25) is 0 Å². The van der Waals surface area contributed by atoms with Crippen LogP contribution in [0.25, 0.3) is 11.0 Å².